The predicted octanol–water partition coefficient (Wildman–Crippen LogP) is 1.21. The molecule has 4 N–H and O–H groups in total. The highest BCUT2D eigenvalue weighted by atomic mass is 15.0. The van der Waals surface area contributed by atoms with Gasteiger partial charge in [0, 0.05) is 51.4 Å². The fourth-order valence-electron chi connectivity index (χ4n) is 4.40. The van der Waals surface area contributed by atoms with Crippen LogP contribution in [0.25, 0.3) is 0 Å². The molecule has 2 aliphatic carbocycles. The average Bonchev–Trinajstić information content (AvgIpc) is 2.62. The fourth-order valence-corrected chi connectivity index (χ4v) is 4.40. The van der Waals surface area contributed by atoms with E-state index in [0.717, 1.165) is 39.3 Å². The highest BCUT2D eigenvalue weighted by molar-refractivity contribution is 5.36. The third-order valence-electron chi connectivity index (χ3n) is 5.65. The minimum atomic E-state index is 0.437. The molecule has 1 aromatic rings. The minimum Gasteiger partial charge on any atom is -0.314 e. The topological polar surface area (TPSA) is 61.0 Å². The van der Waals surface area contributed by atoms with Gasteiger partial charge in [0.25, 0.3) is 0 Å². The molecule has 0 amide bonds. The van der Waals surface area contributed by atoms with Crippen molar-refractivity contribution >= 4 is 0 Å². The van der Waals surface area contributed by atoms with Gasteiger partial charge in [0.15, 0.2) is 0 Å². The third kappa shape index (κ3) is 3.64. The zero-order valence-corrected chi connectivity index (χ0v) is 14.7. The van der Waals surface area contributed by atoms with Crippen LogP contribution in [0.5, 0.6) is 0 Å². The summed E-state index contributed by atoms with van der Waals surface area (Å²) in [6, 6.07) is 3.35. The number of aryl methyl sites for hydroxylation is 2. The summed E-state index contributed by atoms with van der Waals surface area (Å²) in [4.78, 5) is 5.22. The van der Waals surface area contributed by atoms with Crippen molar-refractivity contribution in [3.63, 3.8) is 0 Å². The van der Waals surface area contributed by atoms with Crippen molar-refractivity contribution in [2.24, 2.45) is 0 Å². The van der Waals surface area contributed by atoms with Gasteiger partial charge in [0.05, 0.1) is 11.4 Å². The molecule has 0 fully saturated rings. The Morgan fingerprint density at radius 2 is 1.21 bits per heavy atom. The summed E-state index contributed by atoms with van der Waals surface area (Å²) in [6.45, 7) is 6.17. The summed E-state index contributed by atoms with van der Waals surface area (Å²) < 4.78 is 0. The Kier molecular flexibility index (Phi) is 5.43. The van der Waals surface area contributed by atoms with Crippen LogP contribution >= 0.6 is 0 Å². The van der Waals surface area contributed by atoms with Crippen LogP contribution in [0.15, 0.2) is 6.07 Å². The van der Waals surface area contributed by atoms with E-state index in [0.29, 0.717) is 12.1 Å². The summed E-state index contributed by atoms with van der Waals surface area (Å²) >= 11 is 0. The van der Waals surface area contributed by atoms with Crippen molar-refractivity contribution < 1.29 is 0 Å². The first kappa shape index (κ1) is 16.5. The molecule has 3 aliphatic rings. The van der Waals surface area contributed by atoms with Gasteiger partial charge in [0.2, 0.25) is 0 Å². The summed E-state index contributed by atoms with van der Waals surface area (Å²) in [5, 5.41) is 14.5. The number of hydrogen-bond acceptors (Lipinski definition) is 5. The molecule has 1 aliphatic heterocycles. The van der Waals surface area contributed by atoms with Gasteiger partial charge in [-0.2, -0.15) is 0 Å². The molecule has 0 aromatic carbocycles. The van der Waals surface area contributed by atoms with Gasteiger partial charge in [-0.15, -0.1) is 0 Å². The lowest BCUT2D eigenvalue weighted by Crippen LogP contribution is -2.36. The van der Waals surface area contributed by atoms with E-state index < -0.39 is 0 Å². The quantitative estimate of drug-likeness (QED) is 0.576. The smallest absolute Gasteiger partial charge is 0.0609 e. The van der Waals surface area contributed by atoms with Crippen LogP contribution in [0, 0.1) is 0 Å². The van der Waals surface area contributed by atoms with E-state index in [1.54, 1.807) is 0 Å². The Bertz CT molecular complexity index is 514. The Hall–Kier alpha value is -1.01. The number of pyridine rings is 1. The zero-order chi connectivity index (χ0) is 16.2. The Labute approximate surface area is 145 Å². The molecular weight excluding hydrogens is 298 g/mol. The first-order chi connectivity index (χ1) is 11.9. The van der Waals surface area contributed by atoms with E-state index >= 15 is 0 Å². The number of aromatic nitrogens is 1. The first-order valence-electron chi connectivity index (χ1n) is 9.82. The second kappa shape index (κ2) is 7.91. The van der Waals surface area contributed by atoms with Crippen LogP contribution in [0.1, 0.15) is 60.3 Å². The van der Waals surface area contributed by atoms with E-state index in [1.807, 2.05) is 0 Å². The standard InChI is InChI=1S/C19H31N5/c1-3-14-13-15-4-2-6-17-19(15)24-18(14)16(5-1)22-11-9-20-7-8-21-10-12-23-17/h13,16-17,20-23H,1-12H2/t16-,17-/m0/s1. The van der Waals surface area contributed by atoms with Crippen molar-refractivity contribution in [2.45, 2.75) is 50.6 Å². The van der Waals surface area contributed by atoms with Crippen molar-refractivity contribution in [1.29, 1.82) is 0 Å². The molecule has 1 aromatic heterocycles. The lowest BCUT2D eigenvalue weighted by molar-refractivity contribution is 0.424. The average molecular weight is 329 g/mol. The van der Waals surface area contributed by atoms with Gasteiger partial charge in [0.1, 0.15) is 0 Å². The molecule has 4 rings (SSSR count). The predicted molar refractivity (Wildman–Crippen MR) is 97.3 cm³/mol. The van der Waals surface area contributed by atoms with Crippen LogP contribution in [0.4, 0.5) is 0 Å². The lowest BCUT2D eigenvalue weighted by atomic mass is 9.85. The molecule has 5 nitrogen and oxygen atoms in total. The molecule has 0 spiro atoms. The normalized spacial score (nSPS) is 28.7. The Balaban J connectivity index is 1.62. The molecule has 0 unspecified atom stereocenters. The summed E-state index contributed by atoms with van der Waals surface area (Å²) in [5.41, 5.74) is 5.66. The van der Waals surface area contributed by atoms with Crippen molar-refractivity contribution in [1.82, 2.24) is 26.3 Å². The lowest BCUT2D eigenvalue weighted by Gasteiger charge is -2.31. The molecular formula is C19H31N5. The monoisotopic (exact) mass is 329 g/mol. The summed E-state index contributed by atoms with van der Waals surface area (Å²) in [5.74, 6) is 0. The molecule has 0 radical (unpaired) electrons. The first-order valence-corrected chi connectivity index (χ1v) is 9.82. The fraction of sp³-hybridized carbons (Fsp3) is 0.737. The molecule has 0 saturated heterocycles. The van der Waals surface area contributed by atoms with Crippen LogP contribution in [0.3, 0.4) is 0 Å². The van der Waals surface area contributed by atoms with E-state index in [-0.39, 0.29) is 0 Å². The number of nitrogens with one attached hydrogen (secondary N) is 4. The second-order valence-corrected chi connectivity index (χ2v) is 7.37. The molecule has 2 heterocycles. The number of nitrogens with zero attached hydrogens (tertiary/aromatic N) is 1. The van der Waals surface area contributed by atoms with Gasteiger partial charge in [-0.05, 0) is 49.7 Å². The van der Waals surface area contributed by atoms with Crippen molar-refractivity contribution in [2.75, 3.05) is 39.3 Å². The Morgan fingerprint density at radius 3 is 1.75 bits per heavy atom. The van der Waals surface area contributed by atoms with Crippen molar-refractivity contribution in [3.05, 3.63) is 28.6 Å². The van der Waals surface area contributed by atoms with Crippen LogP contribution in [-0.2, 0) is 12.8 Å². The van der Waals surface area contributed by atoms with E-state index in [9.17, 15) is 0 Å². The minimum absolute atomic E-state index is 0.437. The SMILES string of the molecule is c1c2c3nc4c1CCC[C@@H]4NCCNCCNCCN[C@H]3CCC2. The zero-order valence-electron chi connectivity index (χ0n) is 14.7. The molecule has 132 valence electrons. The van der Waals surface area contributed by atoms with Crippen LogP contribution in [-0.4, -0.2) is 44.3 Å². The van der Waals surface area contributed by atoms with Crippen LogP contribution in [0.2, 0.25) is 0 Å². The number of hydrogen-bond donors (Lipinski definition) is 4. The second-order valence-electron chi connectivity index (χ2n) is 7.37. The van der Waals surface area contributed by atoms with E-state index in [2.05, 4.69) is 27.3 Å². The van der Waals surface area contributed by atoms with E-state index in [1.165, 1.54) is 61.0 Å². The molecule has 24 heavy (non-hydrogen) atoms. The largest absolute Gasteiger partial charge is 0.314 e. The number of rotatable bonds is 0. The van der Waals surface area contributed by atoms with Gasteiger partial charge < -0.3 is 21.3 Å². The third-order valence-corrected chi connectivity index (χ3v) is 5.65. The summed E-state index contributed by atoms with van der Waals surface area (Å²) in [6.07, 6.45) is 7.41. The van der Waals surface area contributed by atoms with Gasteiger partial charge in [-0.1, -0.05) is 6.07 Å². The van der Waals surface area contributed by atoms with Gasteiger partial charge in [-0.25, -0.2) is 0 Å². The molecule has 2 bridgehead atoms. The summed E-state index contributed by atoms with van der Waals surface area (Å²) in [7, 11) is 0. The molecule has 5 heteroatoms. The highest BCUT2D eigenvalue weighted by Crippen LogP contribution is 2.35. The van der Waals surface area contributed by atoms with Gasteiger partial charge in [-0.3, -0.25) is 4.98 Å². The van der Waals surface area contributed by atoms with Gasteiger partial charge >= 0.3 is 0 Å². The maximum absolute atomic E-state index is 5.22. The molecule has 0 saturated carbocycles. The molecule has 2 atom stereocenters. The Morgan fingerprint density at radius 1 is 0.708 bits per heavy atom. The van der Waals surface area contributed by atoms with Crippen LogP contribution < -0.4 is 21.3 Å². The maximum atomic E-state index is 5.22. The highest BCUT2D eigenvalue weighted by Gasteiger charge is 2.27. The maximum Gasteiger partial charge on any atom is 0.0609 e. The van der Waals surface area contributed by atoms with E-state index in [4.69, 9.17) is 4.98 Å². The van der Waals surface area contributed by atoms with Crippen molar-refractivity contribution in [3.8, 4) is 0 Å².